The van der Waals surface area contributed by atoms with Crippen LogP contribution in [0.1, 0.15) is 22.4 Å². The molecule has 1 unspecified atom stereocenters. The first-order valence-electron chi connectivity index (χ1n) is 11.3. The van der Waals surface area contributed by atoms with Crippen LogP contribution in [0.4, 0.5) is 20.8 Å². The van der Waals surface area contributed by atoms with Gasteiger partial charge in [-0.3, -0.25) is 4.90 Å². The number of aliphatic imine (C=N–C) groups is 1. The van der Waals surface area contributed by atoms with Gasteiger partial charge in [0.1, 0.15) is 22.4 Å². The van der Waals surface area contributed by atoms with Crippen LogP contribution in [-0.4, -0.2) is 55.5 Å². The predicted octanol–water partition coefficient (Wildman–Crippen LogP) is 5.59. The first-order chi connectivity index (χ1) is 16.0. The Hall–Kier alpha value is -2.90. The maximum Gasteiger partial charge on any atom is 0.139 e. The van der Waals surface area contributed by atoms with Gasteiger partial charge < -0.3 is 15.0 Å². The number of halogens is 1. The number of anilines is 2. The molecule has 33 heavy (non-hydrogen) atoms. The average molecular weight is 465 g/mol. The summed E-state index contributed by atoms with van der Waals surface area (Å²) in [6.45, 7) is 4.91. The Morgan fingerprint density at radius 2 is 1.97 bits per heavy atom. The van der Waals surface area contributed by atoms with Crippen LogP contribution in [0, 0.1) is 12.7 Å². The molecule has 0 bridgehead atoms. The van der Waals surface area contributed by atoms with Gasteiger partial charge in [-0.15, -0.1) is 11.3 Å². The van der Waals surface area contributed by atoms with Crippen molar-refractivity contribution in [1.29, 1.82) is 0 Å². The van der Waals surface area contributed by atoms with Crippen LogP contribution in [0.25, 0.3) is 0 Å². The number of hydrogen-bond acceptors (Lipinski definition) is 6. The first kappa shape index (κ1) is 21.9. The number of fused-ring (bicyclic) bond motifs is 2. The van der Waals surface area contributed by atoms with Crippen LogP contribution >= 0.6 is 11.3 Å². The Morgan fingerprint density at radius 3 is 2.76 bits per heavy atom. The van der Waals surface area contributed by atoms with Crippen LogP contribution in [0.15, 0.2) is 53.5 Å². The van der Waals surface area contributed by atoms with E-state index < -0.39 is 0 Å². The molecule has 0 aliphatic carbocycles. The van der Waals surface area contributed by atoms with E-state index in [-0.39, 0.29) is 5.82 Å². The Balaban J connectivity index is 1.39. The zero-order valence-electron chi connectivity index (χ0n) is 19.3. The summed E-state index contributed by atoms with van der Waals surface area (Å²) in [7, 11) is 3.91. The summed E-state index contributed by atoms with van der Waals surface area (Å²) < 4.78 is 19.2. The molecule has 5 rings (SSSR count). The molecule has 1 fully saturated rings. The lowest BCUT2D eigenvalue weighted by Gasteiger charge is -2.41. The summed E-state index contributed by atoms with van der Waals surface area (Å²) in [4.78, 5) is 11.1. The normalized spacial score (nSPS) is 18.1. The second kappa shape index (κ2) is 9.15. The van der Waals surface area contributed by atoms with E-state index in [1.807, 2.05) is 12.1 Å². The van der Waals surface area contributed by atoms with E-state index in [1.165, 1.54) is 22.6 Å². The number of benzene rings is 2. The highest BCUT2D eigenvalue weighted by Gasteiger charge is 2.30. The van der Waals surface area contributed by atoms with Crippen molar-refractivity contribution in [1.82, 2.24) is 9.80 Å². The third-order valence-electron chi connectivity index (χ3n) is 6.53. The maximum absolute atomic E-state index is 13.9. The van der Waals surface area contributed by atoms with Crippen molar-refractivity contribution in [3.8, 4) is 5.75 Å². The fourth-order valence-electron chi connectivity index (χ4n) is 4.59. The largest absolute Gasteiger partial charge is 0.497 e. The summed E-state index contributed by atoms with van der Waals surface area (Å²) in [5.41, 5.74) is 3.93. The van der Waals surface area contributed by atoms with Crippen LogP contribution < -0.4 is 10.1 Å². The molecular formula is C26H29FN4OS. The predicted molar refractivity (Wildman–Crippen MR) is 134 cm³/mol. The van der Waals surface area contributed by atoms with Crippen molar-refractivity contribution in [2.24, 2.45) is 4.99 Å². The van der Waals surface area contributed by atoms with Crippen LogP contribution in [0.5, 0.6) is 5.75 Å². The topological polar surface area (TPSA) is 40.1 Å². The van der Waals surface area contributed by atoms with E-state index in [2.05, 4.69) is 47.3 Å². The van der Waals surface area contributed by atoms with Crippen molar-refractivity contribution in [3.05, 3.63) is 70.4 Å². The van der Waals surface area contributed by atoms with E-state index in [4.69, 9.17) is 9.73 Å². The van der Waals surface area contributed by atoms with Crippen molar-refractivity contribution in [2.75, 3.05) is 39.1 Å². The molecule has 5 nitrogen and oxygen atoms in total. The molecule has 0 radical (unpaired) electrons. The smallest absolute Gasteiger partial charge is 0.139 e. The van der Waals surface area contributed by atoms with Gasteiger partial charge in [-0.2, -0.15) is 0 Å². The van der Waals surface area contributed by atoms with E-state index >= 15 is 0 Å². The molecular weight excluding hydrogens is 435 g/mol. The number of rotatable bonds is 4. The summed E-state index contributed by atoms with van der Waals surface area (Å²) in [6.07, 6.45) is 2.09. The van der Waals surface area contributed by atoms with E-state index in [0.717, 1.165) is 66.0 Å². The average Bonchev–Trinajstić information content (AvgIpc) is 3.11. The fraction of sp³-hybridized carbons (Fsp3) is 0.346. The van der Waals surface area contributed by atoms with Gasteiger partial charge in [0.05, 0.1) is 24.0 Å². The molecule has 1 atom stereocenters. The first-order valence-corrected chi connectivity index (χ1v) is 12.2. The number of ether oxygens (including phenoxy) is 1. The second-order valence-electron chi connectivity index (χ2n) is 8.79. The molecule has 3 heterocycles. The number of aryl methyl sites for hydroxylation is 2. The molecule has 0 saturated carbocycles. The number of hydrogen-bond donors (Lipinski definition) is 1. The van der Waals surface area contributed by atoms with Gasteiger partial charge in [0.15, 0.2) is 0 Å². The third-order valence-corrected chi connectivity index (χ3v) is 7.50. The number of amidine groups is 1. The summed E-state index contributed by atoms with van der Waals surface area (Å²) in [6, 6.07) is 15.7. The van der Waals surface area contributed by atoms with Crippen LogP contribution in [0.3, 0.4) is 0 Å². The highest BCUT2D eigenvalue weighted by atomic mass is 32.1. The van der Waals surface area contributed by atoms with Crippen molar-refractivity contribution in [2.45, 2.75) is 25.8 Å². The Labute approximate surface area is 198 Å². The van der Waals surface area contributed by atoms with Gasteiger partial charge in [-0.05, 0) is 68.8 Å². The molecule has 7 heteroatoms. The number of nitrogens with one attached hydrogen (secondary N) is 1. The van der Waals surface area contributed by atoms with Gasteiger partial charge in [-0.1, -0.05) is 12.1 Å². The second-order valence-corrected chi connectivity index (χ2v) is 10.0. The monoisotopic (exact) mass is 464 g/mol. The number of likely N-dealkylation sites (N-methyl/N-ethyl adjacent to an activating group) is 1. The summed E-state index contributed by atoms with van der Waals surface area (Å²) in [5.74, 6) is 1.62. The maximum atomic E-state index is 13.9. The lowest BCUT2D eigenvalue weighted by molar-refractivity contribution is 0.134. The number of nitrogens with zero attached hydrogens (tertiary/aromatic N) is 3. The van der Waals surface area contributed by atoms with Crippen LogP contribution in [-0.2, 0) is 6.42 Å². The minimum Gasteiger partial charge on any atom is -0.497 e. The molecule has 0 spiro atoms. The van der Waals surface area contributed by atoms with Crippen LogP contribution in [0.2, 0.25) is 0 Å². The molecule has 1 aromatic heterocycles. The van der Waals surface area contributed by atoms with Crippen molar-refractivity contribution in [3.63, 3.8) is 0 Å². The SMILES string of the molecule is COc1ccc(CCC2CN(C3=Nc4ccc(F)cc4Nc4sc(C)cc43)CCN2C)cc1. The standard InChI is InChI=1S/C26H29FN4OS/c1-17-14-22-25(28-23-11-7-19(27)15-24(23)29-26(22)33-17)31-13-12-30(2)20(16-31)8-4-18-5-9-21(32-3)10-6-18/h5-7,9-11,14-15,20,29H,4,8,12-13,16H2,1-3H3. The zero-order valence-corrected chi connectivity index (χ0v) is 20.1. The van der Waals surface area contributed by atoms with Gasteiger partial charge in [-0.25, -0.2) is 9.38 Å². The van der Waals surface area contributed by atoms with Gasteiger partial charge in [0, 0.05) is 30.6 Å². The number of piperazine rings is 1. The van der Waals surface area contributed by atoms with Gasteiger partial charge in [0.25, 0.3) is 0 Å². The fourth-order valence-corrected chi connectivity index (χ4v) is 5.51. The Bertz CT molecular complexity index is 1170. The van der Waals surface area contributed by atoms with E-state index in [0.29, 0.717) is 6.04 Å². The Kier molecular flexibility index (Phi) is 6.08. The molecule has 2 aromatic carbocycles. The Morgan fingerprint density at radius 1 is 1.15 bits per heavy atom. The minimum atomic E-state index is -0.257. The molecule has 172 valence electrons. The molecule has 1 N–H and O–H groups in total. The highest BCUT2D eigenvalue weighted by molar-refractivity contribution is 7.16. The van der Waals surface area contributed by atoms with Gasteiger partial charge >= 0.3 is 0 Å². The zero-order chi connectivity index (χ0) is 22.9. The number of thiophene rings is 1. The highest BCUT2D eigenvalue weighted by Crippen LogP contribution is 2.39. The third kappa shape index (κ3) is 4.61. The summed E-state index contributed by atoms with van der Waals surface area (Å²) in [5, 5.41) is 4.46. The quantitative estimate of drug-likeness (QED) is 0.547. The minimum absolute atomic E-state index is 0.257. The molecule has 2 aliphatic rings. The molecule has 2 aliphatic heterocycles. The molecule has 1 saturated heterocycles. The van der Waals surface area contributed by atoms with Gasteiger partial charge in [0.2, 0.25) is 0 Å². The number of methoxy groups -OCH3 is 1. The molecule has 3 aromatic rings. The van der Waals surface area contributed by atoms with Crippen molar-refractivity contribution < 1.29 is 9.13 Å². The summed E-state index contributed by atoms with van der Waals surface area (Å²) >= 11 is 1.69. The van der Waals surface area contributed by atoms with E-state index in [1.54, 1.807) is 24.5 Å². The lowest BCUT2D eigenvalue weighted by Crippen LogP contribution is -2.53. The van der Waals surface area contributed by atoms with E-state index in [9.17, 15) is 4.39 Å². The lowest BCUT2D eigenvalue weighted by atomic mass is 10.0. The van der Waals surface area contributed by atoms with Crippen molar-refractivity contribution >= 4 is 33.5 Å². The molecule has 0 amide bonds.